The van der Waals surface area contributed by atoms with Crippen molar-refractivity contribution in [3.63, 3.8) is 0 Å². The van der Waals surface area contributed by atoms with Gasteiger partial charge < -0.3 is 20.1 Å². The Hall–Kier alpha value is -1.95. The van der Waals surface area contributed by atoms with Crippen molar-refractivity contribution in [3.8, 4) is 11.5 Å². The monoisotopic (exact) mass is 328 g/mol. The molecule has 0 aromatic heterocycles. The Balaban J connectivity index is 2.37. The van der Waals surface area contributed by atoms with E-state index in [4.69, 9.17) is 21.1 Å². The third-order valence-electron chi connectivity index (χ3n) is 2.90. The summed E-state index contributed by atoms with van der Waals surface area (Å²) in [4.78, 5) is 23.0. The van der Waals surface area contributed by atoms with Crippen LogP contribution in [-0.4, -0.2) is 45.0 Å². The fourth-order valence-electron chi connectivity index (χ4n) is 1.82. The molecule has 0 bridgehead atoms. The zero-order valence-electron chi connectivity index (χ0n) is 12.8. The van der Waals surface area contributed by atoms with Crippen molar-refractivity contribution in [3.05, 3.63) is 23.8 Å². The fraction of sp³-hybridized carbons (Fsp3) is 0.467. The molecule has 1 aromatic rings. The van der Waals surface area contributed by atoms with E-state index in [1.807, 2.05) is 6.07 Å². The number of carbonyl (C=O) groups is 2. The normalized spacial score (nSPS) is 9.95. The topological polar surface area (TPSA) is 76.7 Å². The van der Waals surface area contributed by atoms with Crippen LogP contribution in [0.4, 0.5) is 0 Å². The number of hydrogen-bond acceptors (Lipinski definition) is 4. The molecule has 1 aromatic carbocycles. The summed E-state index contributed by atoms with van der Waals surface area (Å²) in [5, 5.41) is 5.40. The van der Waals surface area contributed by atoms with Crippen LogP contribution in [0.15, 0.2) is 18.2 Å². The maximum Gasteiger partial charge on any atom is 0.224 e. The number of ether oxygens (including phenoxy) is 2. The smallest absolute Gasteiger partial charge is 0.224 e. The molecule has 6 nitrogen and oxygen atoms in total. The Bertz CT molecular complexity index is 508. The third-order valence-corrected chi connectivity index (χ3v) is 3.09. The van der Waals surface area contributed by atoms with E-state index in [2.05, 4.69) is 10.6 Å². The van der Waals surface area contributed by atoms with Crippen LogP contribution in [-0.2, 0) is 16.0 Å². The van der Waals surface area contributed by atoms with Crippen LogP contribution in [0.1, 0.15) is 12.0 Å². The number of benzene rings is 1. The predicted octanol–water partition coefficient (Wildman–Crippen LogP) is 1.11. The molecule has 0 radical (unpaired) electrons. The van der Waals surface area contributed by atoms with E-state index in [1.54, 1.807) is 26.4 Å². The molecular formula is C15H21ClN2O4. The van der Waals surface area contributed by atoms with Gasteiger partial charge in [-0.05, 0) is 17.7 Å². The van der Waals surface area contributed by atoms with Crippen LogP contribution in [0.2, 0.25) is 0 Å². The lowest BCUT2D eigenvalue weighted by atomic mass is 10.1. The van der Waals surface area contributed by atoms with Crippen LogP contribution < -0.4 is 20.1 Å². The Labute approximate surface area is 135 Å². The summed E-state index contributed by atoms with van der Waals surface area (Å²) in [5.41, 5.74) is 0.821. The molecule has 0 heterocycles. The van der Waals surface area contributed by atoms with Crippen LogP contribution in [0.3, 0.4) is 0 Å². The summed E-state index contributed by atoms with van der Waals surface area (Å²) in [6.07, 6.45) is 0.511. The van der Waals surface area contributed by atoms with Gasteiger partial charge in [-0.15, -0.1) is 11.6 Å². The van der Waals surface area contributed by atoms with Gasteiger partial charge in [0.2, 0.25) is 11.8 Å². The minimum absolute atomic E-state index is 0.121. The van der Waals surface area contributed by atoms with Gasteiger partial charge in [-0.1, -0.05) is 6.07 Å². The maximum atomic E-state index is 11.8. The zero-order chi connectivity index (χ0) is 16.4. The Kier molecular flexibility index (Phi) is 8.14. The molecule has 0 aliphatic heterocycles. The number of halogens is 1. The van der Waals surface area contributed by atoms with Gasteiger partial charge in [-0.3, -0.25) is 9.59 Å². The van der Waals surface area contributed by atoms with E-state index in [1.165, 1.54) is 0 Å². The lowest BCUT2D eigenvalue weighted by Gasteiger charge is -2.10. The second kappa shape index (κ2) is 9.89. The Morgan fingerprint density at radius 1 is 1.05 bits per heavy atom. The van der Waals surface area contributed by atoms with Gasteiger partial charge >= 0.3 is 0 Å². The average Bonchev–Trinajstić information content (AvgIpc) is 2.51. The SMILES string of the molecule is COc1ccc(CC(=O)NCCNC(=O)CCCl)cc1OC. The molecular weight excluding hydrogens is 308 g/mol. The zero-order valence-corrected chi connectivity index (χ0v) is 13.5. The summed E-state index contributed by atoms with van der Waals surface area (Å²) in [6.45, 7) is 0.757. The minimum atomic E-state index is -0.126. The van der Waals surface area contributed by atoms with Gasteiger partial charge in [0.1, 0.15) is 0 Å². The van der Waals surface area contributed by atoms with Gasteiger partial charge in [0.15, 0.2) is 11.5 Å². The number of rotatable bonds is 9. The molecule has 0 unspecified atom stereocenters. The molecule has 0 spiro atoms. The van der Waals surface area contributed by atoms with E-state index in [-0.39, 0.29) is 30.5 Å². The van der Waals surface area contributed by atoms with Crippen molar-refractivity contribution >= 4 is 23.4 Å². The average molecular weight is 329 g/mol. The van der Waals surface area contributed by atoms with E-state index in [9.17, 15) is 9.59 Å². The van der Waals surface area contributed by atoms with Gasteiger partial charge in [0, 0.05) is 25.4 Å². The van der Waals surface area contributed by atoms with Crippen LogP contribution in [0.25, 0.3) is 0 Å². The van der Waals surface area contributed by atoms with Crippen molar-refractivity contribution in [2.75, 3.05) is 33.2 Å². The standard InChI is InChI=1S/C15H21ClN2O4/c1-21-12-4-3-11(9-13(12)22-2)10-15(20)18-8-7-17-14(19)5-6-16/h3-4,9H,5-8,10H2,1-2H3,(H,17,19)(H,18,20). The van der Waals surface area contributed by atoms with Crippen molar-refractivity contribution < 1.29 is 19.1 Å². The van der Waals surface area contributed by atoms with E-state index < -0.39 is 0 Å². The van der Waals surface area contributed by atoms with Crippen molar-refractivity contribution in [2.45, 2.75) is 12.8 Å². The summed E-state index contributed by atoms with van der Waals surface area (Å²) >= 11 is 5.45. The first-order chi connectivity index (χ1) is 10.6. The molecule has 0 saturated carbocycles. The summed E-state index contributed by atoms with van der Waals surface area (Å²) in [5.74, 6) is 1.25. The summed E-state index contributed by atoms with van der Waals surface area (Å²) < 4.78 is 10.3. The predicted molar refractivity (Wildman–Crippen MR) is 84.6 cm³/mol. The molecule has 2 amide bonds. The van der Waals surface area contributed by atoms with E-state index in [0.717, 1.165) is 5.56 Å². The Morgan fingerprint density at radius 2 is 1.68 bits per heavy atom. The van der Waals surface area contributed by atoms with Gasteiger partial charge in [-0.25, -0.2) is 0 Å². The van der Waals surface area contributed by atoms with E-state index in [0.29, 0.717) is 24.6 Å². The van der Waals surface area contributed by atoms with Gasteiger partial charge in [0.05, 0.1) is 20.6 Å². The number of carbonyl (C=O) groups excluding carboxylic acids is 2. The highest BCUT2D eigenvalue weighted by Crippen LogP contribution is 2.27. The molecule has 122 valence electrons. The lowest BCUT2D eigenvalue weighted by Crippen LogP contribution is -2.35. The van der Waals surface area contributed by atoms with Gasteiger partial charge in [-0.2, -0.15) is 0 Å². The summed E-state index contributed by atoms with van der Waals surface area (Å²) in [7, 11) is 3.11. The molecule has 7 heteroatoms. The molecule has 0 atom stereocenters. The molecule has 22 heavy (non-hydrogen) atoms. The second-order valence-corrected chi connectivity index (χ2v) is 4.88. The first-order valence-corrected chi connectivity index (χ1v) is 7.44. The molecule has 1 rings (SSSR count). The van der Waals surface area contributed by atoms with Crippen LogP contribution in [0.5, 0.6) is 11.5 Å². The number of alkyl halides is 1. The summed E-state index contributed by atoms with van der Waals surface area (Å²) in [6, 6.07) is 5.33. The number of methoxy groups -OCH3 is 2. The van der Waals surface area contributed by atoms with Crippen molar-refractivity contribution in [1.82, 2.24) is 10.6 Å². The fourth-order valence-corrected chi connectivity index (χ4v) is 1.99. The minimum Gasteiger partial charge on any atom is -0.493 e. The van der Waals surface area contributed by atoms with Gasteiger partial charge in [0.25, 0.3) is 0 Å². The van der Waals surface area contributed by atoms with Crippen LogP contribution >= 0.6 is 11.6 Å². The molecule has 0 aliphatic rings. The largest absolute Gasteiger partial charge is 0.493 e. The number of nitrogens with one attached hydrogen (secondary N) is 2. The Morgan fingerprint density at radius 3 is 2.27 bits per heavy atom. The molecule has 2 N–H and O–H groups in total. The van der Waals surface area contributed by atoms with Crippen LogP contribution in [0, 0.1) is 0 Å². The molecule has 0 aliphatic carbocycles. The van der Waals surface area contributed by atoms with Crippen molar-refractivity contribution in [2.24, 2.45) is 0 Å². The third kappa shape index (κ3) is 6.22. The van der Waals surface area contributed by atoms with E-state index >= 15 is 0 Å². The number of hydrogen-bond donors (Lipinski definition) is 2. The highest BCUT2D eigenvalue weighted by atomic mass is 35.5. The highest BCUT2D eigenvalue weighted by Gasteiger charge is 2.08. The lowest BCUT2D eigenvalue weighted by molar-refractivity contribution is -0.122. The first kappa shape index (κ1) is 18.1. The quantitative estimate of drug-likeness (QED) is 0.526. The molecule has 0 fully saturated rings. The highest BCUT2D eigenvalue weighted by molar-refractivity contribution is 6.18. The first-order valence-electron chi connectivity index (χ1n) is 6.91. The second-order valence-electron chi connectivity index (χ2n) is 4.51. The number of amides is 2. The molecule has 0 saturated heterocycles. The van der Waals surface area contributed by atoms with Crippen molar-refractivity contribution in [1.29, 1.82) is 0 Å². The maximum absolute atomic E-state index is 11.8.